The van der Waals surface area contributed by atoms with E-state index in [0.717, 1.165) is 21.5 Å². The summed E-state index contributed by atoms with van der Waals surface area (Å²) in [6.45, 7) is 2.50. The first-order valence-corrected chi connectivity index (χ1v) is 8.21. The first kappa shape index (κ1) is 16.3. The smallest absolute Gasteiger partial charge is 0.255 e. The van der Waals surface area contributed by atoms with E-state index >= 15 is 0 Å². The molecule has 3 aromatic rings. The van der Waals surface area contributed by atoms with Gasteiger partial charge in [0.25, 0.3) is 5.91 Å². The Morgan fingerprint density at radius 1 is 1.25 bits per heavy atom. The number of nitrogens with one attached hydrogen (secondary N) is 2. The molecular weight excluding hydrogens is 370 g/mol. The van der Waals surface area contributed by atoms with Gasteiger partial charge in [-0.3, -0.25) is 4.79 Å². The predicted molar refractivity (Wildman–Crippen MR) is 97.1 cm³/mol. The number of nitrogens with zero attached hydrogens (tertiary/aromatic N) is 1. The average molecular weight is 386 g/mol. The topological polar surface area (TPSA) is 67.2 Å². The quantitative estimate of drug-likeness (QED) is 0.672. The number of halogens is 1. The van der Waals surface area contributed by atoms with Crippen LogP contribution in [-0.2, 0) is 6.54 Å². The van der Waals surface area contributed by atoms with Gasteiger partial charge in [0.1, 0.15) is 11.6 Å². The van der Waals surface area contributed by atoms with Crippen LogP contribution in [0.15, 0.2) is 63.8 Å². The molecule has 2 N–H and O–H groups in total. The van der Waals surface area contributed by atoms with Crippen molar-refractivity contribution in [3.8, 4) is 0 Å². The molecule has 0 aliphatic rings. The Morgan fingerprint density at radius 3 is 2.88 bits per heavy atom. The number of hydrogen-bond donors (Lipinski definition) is 2. The van der Waals surface area contributed by atoms with Crippen LogP contribution in [0, 0.1) is 6.92 Å². The average Bonchev–Trinajstić information content (AvgIpc) is 3.09. The maximum Gasteiger partial charge on any atom is 0.255 e. The molecule has 0 saturated heterocycles. The highest BCUT2D eigenvalue weighted by Crippen LogP contribution is 2.24. The number of benzene rings is 1. The van der Waals surface area contributed by atoms with E-state index in [-0.39, 0.29) is 5.91 Å². The Hall–Kier alpha value is -2.60. The number of amides is 1. The van der Waals surface area contributed by atoms with E-state index in [1.54, 1.807) is 24.6 Å². The van der Waals surface area contributed by atoms with E-state index < -0.39 is 0 Å². The first-order chi connectivity index (χ1) is 11.6. The van der Waals surface area contributed by atoms with Crippen molar-refractivity contribution < 1.29 is 9.21 Å². The molecule has 6 heteroatoms. The Balaban J connectivity index is 1.69. The SMILES string of the molecule is Cc1ccc(NC(=O)c2ccnc(NCc3ccco3)c2)c(Br)c1. The summed E-state index contributed by atoms with van der Waals surface area (Å²) in [4.78, 5) is 16.6. The van der Waals surface area contributed by atoms with Gasteiger partial charge in [-0.2, -0.15) is 0 Å². The number of carbonyl (C=O) groups is 1. The minimum Gasteiger partial charge on any atom is -0.467 e. The van der Waals surface area contributed by atoms with E-state index in [1.807, 2.05) is 37.3 Å². The van der Waals surface area contributed by atoms with Crippen molar-refractivity contribution in [2.75, 3.05) is 10.6 Å². The van der Waals surface area contributed by atoms with Crippen molar-refractivity contribution in [3.63, 3.8) is 0 Å². The number of carbonyl (C=O) groups excluding carboxylic acids is 1. The van der Waals surface area contributed by atoms with Crippen LogP contribution in [0.3, 0.4) is 0 Å². The third-order valence-corrected chi connectivity index (χ3v) is 4.07. The summed E-state index contributed by atoms with van der Waals surface area (Å²) >= 11 is 3.46. The molecule has 1 aromatic carbocycles. The maximum absolute atomic E-state index is 12.4. The molecule has 0 fully saturated rings. The second kappa shape index (κ2) is 7.31. The third kappa shape index (κ3) is 4.02. The summed E-state index contributed by atoms with van der Waals surface area (Å²) in [5.41, 5.74) is 2.38. The Morgan fingerprint density at radius 2 is 2.12 bits per heavy atom. The van der Waals surface area contributed by atoms with Crippen molar-refractivity contribution in [2.24, 2.45) is 0 Å². The summed E-state index contributed by atoms with van der Waals surface area (Å²) in [5.74, 6) is 1.22. The highest BCUT2D eigenvalue weighted by Gasteiger charge is 2.10. The number of aryl methyl sites for hydroxylation is 1. The van der Waals surface area contributed by atoms with Gasteiger partial charge in [-0.25, -0.2) is 4.98 Å². The predicted octanol–water partition coefficient (Wildman–Crippen LogP) is 4.61. The van der Waals surface area contributed by atoms with Crippen molar-refractivity contribution in [1.82, 2.24) is 4.98 Å². The standard InChI is InChI=1S/C18H16BrN3O2/c1-12-4-5-16(15(19)9-12)22-18(23)13-6-7-20-17(10-13)21-11-14-3-2-8-24-14/h2-10H,11H2,1H3,(H,20,21)(H,22,23). The zero-order valence-electron chi connectivity index (χ0n) is 13.0. The Bertz CT molecular complexity index is 847. The van der Waals surface area contributed by atoms with Crippen LogP contribution in [-0.4, -0.2) is 10.9 Å². The van der Waals surface area contributed by atoms with Crippen LogP contribution in [0.25, 0.3) is 0 Å². The zero-order valence-corrected chi connectivity index (χ0v) is 14.6. The van der Waals surface area contributed by atoms with Gasteiger partial charge in [0.15, 0.2) is 0 Å². The van der Waals surface area contributed by atoms with E-state index in [9.17, 15) is 4.79 Å². The molecule has 2 aromatic heterocycles. The van der Waals surface area contributed by atoms with Gasteiger partial charge < -0.3 is 15.1 Å². The molecule has 0 unspecified atom stereocenters. The normalized spacial score (nSPS) is 10.4. The number of pyridine rings is 1. The molecule has 0 saturated carbocycles. The van der Waals surface area contributed by atoms with E-state index in [1.165, 1.54) is 0 Å². The van der Waals surface area contributed by atoms with Crippen molar-refractivity contribution in [3.05, 3.63) is 76.3 Å². The van der Waals surface area contributed by atoms with Crippen LogP contribution in [0.1, 0.15) is 21.7 Å². The number of furan rings is 1. The summed E-state index contributed by atoms with van der Waals surface area (Å²) < 4.78 is 6.11. The largest absolute Gasteiger partial charge is 0.467 e. The fourth-order valence-corrected chi connectivity index (χ4v) is 2.77. The summed E-state index contributed by atoms with van der Waals surface area (Å²) in [5, 5.41) is 6.02. The molecule has 2 heterocycles. The van der Waals surface area contributed by atoms with Gasteiger partial charge in [-0.15, -0.1) is 0 Å². The lowest BCUT2D eigenvalue weighted by Gasteiger charge is -2.09. The molecule has 0 atom stereocenters. The first-order valence-electron chi connectivity index (χ1n) is 7.41. The molecule has 3 rings (SSSR count). The lowest BCUT2D eigenvalue weighted by Crippen LogP contribution is -2.13. The second-order valence-corrected chi connectivity index (χ2v) is 6.15. The highest BCUT2D eigenvalue weighted by molar-refractivity contribution is 9.10. The number of anilines is 2. The van der Waals surface area contributed by atoms with Crippen LogP contribution in [0.4, 0.5) is 11.5 Å². The van der Waals surface area contributed by atoms with Crippen molar-refractivity contribution >= 4 is 33.3 Å². The van der Waals surface area contributed by atoms with Gasteiger partial charge >= 0.3 is 0 Å². The van der Waals surface area contributed by atoms with Gasteiger partial charge in [0, 0.05) is 16.2 Å². The maximum atomic E-state index is 12.4. The second-order valence-electron chi connectivity index (χ2n) is 5.30. The summed E-state index contributed by atoms with van der Waals surface area (Å²) in [6, 6.07) is 12.9. The number of hydrogen-bond acceptors (Lipinski definition) is 4. The van der Waals surface area contributed by atoms with Crippen molar-refractivity contribution in [2.45, 2.75) is 13.5 Å². The molecule has 0 aliphatic carbocycles. The Labute approximate surface area is 148 Å². The van der Waals surface area contributed by atoms with Gasteiger partial charge in [-0.1, -0.05) is 6.07 Å². The molecule has 0 radical (unpaired) electrons. The lowest BCUT2D eigenvalue weighted by molar-refractivity contribution is 0.102. The fourth-order valence-electron chi connectivity index (χ4n) is 2.18. The van der Waals surface area contributed by atoms with Crippen LogP contribution in [0.2, 0.25) is 0 Å². The molecule has 0 aliphatic heterocycles. The molecule has 122 valence electrons. The third-order valence-electron chi connectivity index (χ3n) is 3.42. The monoisotopic (exact) mass is 385 g/mol. The lowest BCUT2D eigenvalue weighted by atomic mass is 10.2. The van der Waals surface area contributed by atoms with Crippen LogP contribution < -0.4 is 10.6 Å². The minimum atomic E-state index is -0.192. The van der Waals surface area contributed by atoms with Gasteiger partial charge in [0.2, 0.25) is 0 Å². The molecule has 0 spiro atoms. The summed E-state index contributed by atoms with van der Waals surface area (Å²) in [6.07, 6.45) is 3.22. The van der Waals surface area contributed by atoms with E-state index in [4.69, 9.17) is 4.42 Å². The van der Waals surface area contributed by atoms with Crippen LogP contribution >= 0.6 is 15.9 Å². The van der Waals surface area contributed by atoms with Gasteiger partial charge in [-0.05, 0) is 64.8 Å². The van der Waals surface area contributed by atoms with Crippen molar-refractivity contribution in [1.29, 1.82) is 0 Å². The molecular formula is C18H16BrN3O2. The molecule has 24 heavy (non-hydrogen) atoms. The fraction of sp³-hybridized carbons (Fsp3) is 0.111. The molecule has 0 bridgehead atoms. The highest BCUT2D eigenvalue weighted by atomic mass is 79.9. The summed E-state index contributed by atoms with van der Waals surface area (Å²) in [7, 11) is 0. The molecule has 1 amide bonds. The van der Waals surface area contributed by atoms with Gasteiger partial charge in [0.05, 0.1) is 18.5 Å². The number of aromatic nitrogens is 1. The Kier molecular flexibility index (Phi) is 4.96. The van der Waals surface area contributed by atoms with E-state index in [0.29, 0.717) is 17.9 Å². The zero-order chi connectivity index (χ0) is 16.9. The van der Waals surface area contributed by atoms with E-state index in [2.05, 4.69) is 31.5 Å². The molecule has 5 nitrogen and oxygen atoms in total. The van der Waals surface area contributed by atoms with Crippen LogP contribution in [0.5, 0.6) is 0 Å². The minimum absolute atomic E-state index is 0.192. The number of rotatable bonds is 5.